The highest BCUT2D eigenvalue weighted by molar-refractivity contribution is 7.89. The number of hydrogen-bond acceptors (Lipinski definition) is 6. The molecule has 0 saturated carbocycles. The van der Waals surface area contributed by atoms with Crippen LogP contribution in [0.1, 0.15) is 29.6 Å². The number of carbonyl (C=O) groups is 2. The van der Waals surface area contributed by atoms with Crippen molar-refractivity contribution in [2.24, 2.45) is 0 Å². The lowest BCUT2D eigenvalue weighted by atomic mass is 10.1. The fourth-order valence-corrected chi connectivity index (χ4v) is 5.28. The molecule has 0 aliphatic carbocycles. The van der Waals surface area contributed by atoms with Gasteiger partial charge in [0.2, 0.25) is 10.0 Å². The molecule has 3 aromatic rings. The number of piperidine rings is 1. The maximum absolute atomic E-state index is 12.7. The number of nitrogens with zero attached hydrogens (tertiary/aromatic N) is 1. The van der Waals surface area contributed by atoms with Gasteiger partial charge in [-0.1, -0.05) is 30.7 Å². The molecule has 1 aliphatic rings. The zero-order chi connectivity index (χ0) is 23.4. The Morgan fingerprint density at radius 1 is 0.939 bits per heavy atom. The van der Waals surface area contributed by atoms with Gasteiger partial charge in [0, 0.05) is 18.8 Å². The predicted molar refractivity (Wildman–Crippen MR) is 124 cm³/mol. The average molecular weight is 469 g/mol. The molecule has 0 bridgehead atoms. The fourth-order valence-electron chi connectivity index (χ4n) is 3.76. The van der Waals surface area contributed by atoms with Gasteiger partial charge in [-0.2, -0.15) is 4.31 Å². The van der Waals surface area contributed by atoms with Crippen LogP contribution < -0.4 is 5.32 Å². The summed E-state index contributed by atoms with van der Waals surface area (Å²) >= 11 is 0. The lowest BCUT2D eigenvalue weighted by Gasteiger charge is -2.25. The van der Waals surface area contributed by atoms with Gasteiger partial charge in [0.1, 0.15) is 11.3 Å². The van der Waals surface area contributed by atoms with Crippen LogP contribution in [-0.2, 0) is 19.6 Å². The topological polar surface area (TPSA) is 113 Å². The predicted octanol–water partition coefficient (Wildman–Crippen LogP) is 3.52. The van der Waals surface area contributed by atoms with Crippen LogP contribution in [-0.4, -0.2) is 49.4 Å². The van der Waals surface area contributed by atoms with Crippen LogP contribution >= 0.6 is 0 Å². The molecule has 9 heteroatoms. The van der Waals surface area contributed by atoms with Gasteiger partial charge >= 0.3 is 5.97 Å². The van der Waals surface area contributed by atoms with Crippen molar-refractivity contribution >= 4 is 38.4 Å². The molecule has 1 heterocycles. The van der Waals surface area contributed by atoms with E-state index in [1.165, 1.54) is 40.7 Å². The number of esters is 1. The molecular formula is C24H24N2O6S. The van der Waals surface area contributed by atoms with Crippen molar-refractivity contribution in [3.8, 4) is 5.75 Å². The van der Waals surface area contributed by atoms with Gasteiger partial charge in [-0.3, -0.25) is 4.79 Å². The molecule has 33 heavy (non-hydrogen) atoms. The second-order valence-corrected chi connectivity index (χ2v) is 9.77. The third-order valence-electron chi connectivity index (χ3n) is 5.51. The van der Waals surface area contributed by atoms with Gasteiger partial charge in [0.25, 0.3) is 5.91 Å². The van der Waals surface area contributed by atoms with Crippen LogP contribution in [0.25, 0.3) is 10.8 Å². The maximum Gasteiger partial charge on any atom is 0.342 e. The fraction of sp³-hybridized carbons (Fsp3) is 0.250. The number of amides is 1. The van der Waals surface area contributed by atoms with Crippen molar-refractivity contribution in [2.75, 3.05) is 25.0 Å². The number of fused-ring (bicyclic) bond motifs is 1. The summed E-state index contributed by atoms with van der Waals surface area (Å²) in [5.41, 5.74) is 0.343. The molecule has 3 aromatic carbocycles. The minimum atomic E-state index is -3.55. The molecule has 172 valence electrons. The normalized spacial score (nSPS) is 14.7. The van der Waals surface area contributed by atoms with E-state index in [9.17, 15) is 23.1 Å². The third kappa shape index (κ3) is 5.15. The Kier molecular flexibility index (Phi) is 6.62. The Hall–Kier alpha value is -3.43. The summed E-state index contributed by atoms with van der Waals surface area (Å²) in [7, 11) is -3.55. The number of anilines is 1. The Bertz CT molecular complexity index is 1280. The molecule has 1 aliphatic heterocycles. The van der Waals surface area contributed by atoms with Crippen molar-refractivity contribution in [3.63, 3.8) is 0 Å². The Morgan fingerprint density at radius 3 is 2.24 bits per heavy atom. The quantitative estimate of drug-likeness (QED) is 0.535. The zero-order valence-electron chi connectivity index (χ0n) is 17.9. The standard InChI is InChI=1S/C24H24N2O6S/c27-22-15-18-7-3-2-6-17(18)14-21(22)24(29)32-16-23(28)25-19-8-10-20(11-9-19)33(30,31)26-12-4-1-5-13-26/h2-3,6-11,14-15,27H,1,4-5,12-13,16H2,(H,25,28). The largest absolute Gasteiger partial charge is 0.507 e. The number of rotatable bonds is 6. The SMILES string of the molecule is O=C(COC(=O)c1cc2ccccc2cc1O)Nc1ccc(S(=O)(=O)N2CCCCC2)cc1. The number of hydrogen-bond donors (Lipinski definition) is 2. The molecular weight excluding hydrogens is 444 g/mol. The highest BCUT2D eigenvalue weighted by Crippen LogP contribution is 2.26. The summed E-state index contributed by atoms with van der Waals surface area (Å²) < 4.78 is 31.9. The van der Waals surface area contributed by atoms with Crippen LogP contribution in [0.2, 0.25) is 0 Å². The van der Waals surface area contributed by atoms with Crippen molar-refractivity contribution in [1.29, 1.82) is 0 Å². The number of phenols is 1. The summed E-state index contributed by atoms with van der Waals surface area (Å²) in [6.45, 7) is 0.469. The van der Waals surface area contributed by atoms with Gasteiger partial charge < -0.3 is 15.2 Å². The first-order valence-electron chi connectivity index (χ1n) is 10.6. The molecule has 0 aromatic heterocycles. The van der Waals surface area contributed by atoms with Gasteiger partial charge in [0.15, 0.2) is 6.61 Å². The number of aromatic hydroxyl groups is 1. The van der Waals surface area contributed by atoms with Crippen LogP contribution in [0.3, 0.4) is 0 Å². The number of sulfonamides is 1. The molecule has 8 nitrogen and oxygen atoms in total. The number of carbonyl (C=O) groups excluding carboxylic acids is 2. The molecule has 0 radical (unpaired) electrons. The summed E-state index contributed by atoms with van der Waals surface area (Å²) in [5, 5.41) is 14.2. The smallest absolute Gasteiger partial charge is 0.342 e. The van der Waals surface area contributed by atoms with Crippen LogP contribution in [0.4, 0.5) is 5.69 Å². The molecule has 4 rings (SSSR count). The first-order chi connectivity index (χ1) is 15.8. The molecule has 0 atom stereocenters. The average Bonchev–Trinajstić information content (AvgIpc) is 2.83. The second kappa shape index (κ2) is 9.60. The maximum atomic E-state index is 12.7. The Balaban J connectivity index is 1.35. The first-order valence-corrected chi connectivity index (χ1v) is 12.1. The molecule has 0 unspecified atom stereocenters. The zero-order valence-corrected chi connectivity index (χ0v) is 18.7. The third-order valence-corrected chi connectivity index (χ3v) is 7.42. The van der Waals surface area contributed by atoms with Gasteiger partial charge in [-0.15, -0.1) is 0 Å². The van der Waals surface area contributed by atoms with Crippen LogP contribution in [0.5, 0.6) is 5.75 Å². The molecule has 1 fully saturated rings. The molecule has 1 saturated heterocycles. The first kappa shape index (κ1) is 22.8. The number of nitrogens with one attached hydrogen (secondary N) is 1. The molecule has 0 spiro atoms. The summed E-state index contributed by atoms with van der Waals surface area (Å²) in [6.07, 6.45) is 2.73. The number of benzene rings is 3. The highest BCUT2D eigenvalue weighted by atomic mass is 32.2. The summed E-state index contributed by atoms with van der Waals surface area (Å²) in [4.78, 5) is 24.7. The van der Waals surface area contributed by atoms with Crippen molar-refractivity contribution in [2.45, 2.75) is 24.2 Å². The number of phenolic OH excluding ortho intramolecular Hbond substituents is 1. The minimum Gasteiger partial charge on any atom is -0.507 e. The van der Waals surface area contributed by atoms with Crippen LogP contribution in [0.15, 0.2) is 65.6 Å². The lowest BCUT2D eigenvalue weighted by molar-refractivity contribution is -0.119. The van der Waals surface area contributed by atoms with E-state index in [2.05, 4.69) is 5.32 Å². The van der Waals surface area contributed by atoms with Gasteiger partial charge in [0.05, 0.1) is 4.90 Å². The Labute approximate surface area is 191 Å². The Morgan fingerprint density at radius 2 is 1.58 bits per heavy atom. The highest BCUT2D eigenvalue weighted by Gasteiger charge is 2.25. The van der Waals surface area contributed by atoms with Gasteiger partial charge in [-0.05, 0) is 60.0 Å². The summed E-state index contributed by atoms with van der Waals surface area (Å²) in [6, 6.07) is 16.1. The number of ether oxygens (including phenoxy) is 1. The van der Waals surface area contributed by atoms with Crippen molar-refractivity contribution < 1.29 is 27.9 Å². The second-order valence-electron chi connectivity index (χ2n) is 7.83. The van der Waals surface area contributed by atoms with E-state index in [-0.39, 0.29) is 16.2 Å². The molecule has 2 N–H and O–H groups in total. The van der Waals surface area contributed by atoms with Gasteiger partial charge in [-0.25, -0.2) is 13.2 Å². The molecule has 1 amide bonds. The summed E-state index contributed by atoms with van der Waals surface area (Å²) in [5.74, 6) is -1.64. The van der Waals surface area contributed by atoms with Crippen molar-refractivity contribution in [1.82, 2.24) is 4.31 Å². The van der Waals surface area contributed by atoms with E-state index in [0.29, 0.717) is 18.8 Å². The van der Waals surface area contributed by atoms with E-state index in [0.717, 1.165) is 30.0 Å². The van der Waals surface area contributed by atoms with Crippen LogP contribution in [0, 0.1) is 0 Å². The minimum absolute atomic E-state index is 0.0335. The van der Waals surface area contributed by atoms with E-state index in [4.69, 9.17) is 4.74 Å². The van der Waals surface area contributed by atoms with E-state index >= 15 is 0 Å². The monoisotopic (exact) mass is 468 g/mol. The lowest BCUT2D eigenvalue weighted by Crippen LogP contribution is -2.35. The van der Waals surface area contributed by atoms with E-state index in [1.807, 2.05) is 12.1 Å². The van der Waals surface area contributed by atoms with Crippen molar-refractivity contribution in [3.05, 3.63) is 66.2 Å². The van der Waals surface area contributed by atoms with E-state index < -0.39 is 28.5 Å². The van der Waals surface area contributed by atoms with E-state index in [1.54, 1.807) is 12.1 Å².